The summed E-state index contributed by atoms with van der Waals surface area (Å²) in [5.74, 6) is 0.265. The fourth-order valence-corrected chi connectivity index (χ4v) is 1.92. The van der Waals surface area contributed by atoms with Crippen LogP contribution in [-0.4, -0.2) is 26.5 Å². The van der Waals surface area contributed by atoms with E-state index in [0.717, 1.165) is 18.4 Å². The summed E-state index contributed by atoms with van der Waals surface area (Å²) in [4.78, 5) is 24.9. The summed E-state index contributed by atoms with van der Waals surface area (Å²) >= 11 is 0. The van der Waals surface area contributed by atoms with Gasteiger partial charge in [0.25, 0.3) is 0 Å². The molecule has 92 valence electrons. The van der Waals surface area contributed by atoms with Crippen molar-refractivity contribution in [2.45, 2.75) is 32.2 Å². The van der Waals surface area contributed by atoms with Crippen molar-refractivity contribution in [3.05, 3.63) is 11.8 Å². The predicted octanol–water partition coefficient (Wildman–Crippen LogP) is 0.431. The van der Waals surface area contributed by atoms with Gasteiger partial charge in [-0.05, 0) is 12.8 Å². The molecule has 1 fully saturated rings. The molecule has 0 atom stereocenters. The highest BCUT2D eigenvalue weighted by atomic mass is 16.2. The molecule has 6 heteroatoms. The number of carbonyl (C=O) groups excluding carboxylic acids is 2. The van der Waals surface area contributed by atoms with Gasteiger partial charge in [0.05, 0.1) is 12.7 Å². The number of carbonyl (C=O) groups is 2. The SMILES string of the molecule is Cn1ncc(CN2C(=O)CCCCC2=O)c1N. The standard InChI is InChI=1S/C11H16N4O2/c1-14-11(12)8(6-13-14)7-15-9(16)4-2-3-5-10(15)17/h6H,2-5,7,12H2,1H3. The van der Waals surface area contributed by atoms with Gasteiger partial charge in [0.1, 0.15) is 5.82 Å². The molecule has 1 aromatic rings. The molecule has 6 nitrogen and oxygen atoms in total. The maximum atomic E-state index is 11.8. The lowest BCUT2D eigenvalue weighted by Gasteiger charge is -2.18. The van der Waals surface area contributed by atoms with Crippen LogP contribution < -0.4 is 5.73 Å². The van der Waals surface area contributed by atoms with Crippen LogP contribution >= 0.6 is 0 Å². The first-order chi connectivity index (χ1) is 8.09. The number of nitrogens with zero attached hydrogens (tertiary/aromatic N) is 3. The van der Waals surface area contributed by atoms with E-state index in [0.29, 0.717) is 18.7 Å². The number of rotatable bonds is 2. The third-order valence-corrected chi connectivity index (χ3v) is 3.03. The molecule has 2 rings (SSSR count). The molecule has 1 saturated heterocycles. The zero-order valence-corrected chi connectivity index (χ0v) is 9.85. The number of hydrogen-bond acceptors (Lipinski definition) is 4. The van der Waals surface area contributed by atoms with Gasteiger partial charge >= 0.3 is 0 Å². The molecule has 1 aromatic heterocycles. The number of amides is 2. The van der Waals surface area contributed by atoms with Gasteiger partial charge < -0.3 is 5.73 Å². The van der Waals surface area contributed by atoms with Crippen molar-refractivity contribution in [3.8, 4) is 0 Å². The smallest absolute Gasteiger partial charge is 0.229 e. The minimum atomic E-state index is -0.115. The number of nitrogens with two attached hydrogens (primary N) is 1. The monoisotopic (exact) mass is 236 g/mol. The Morgan fingerprint density at radius 2 is 1.88 bits per heavy atom. The van der Waals surface area contributed by atoms with Gasteiger partial charge in [0, 0.05) is 25.5 Å². The molecule has 0 aromatic carbocycles. The van der Waals surface area contributed by atoms with E-state index in [-0.39, 0.29) is 18.4 Å². The summed E-state index contributed by atoms with van der Waals surface area (Å²) < 4.78 is 1.53. The Kier molecular flexibility index (Phi) is 3.12. The topological polar surface area (TPSA) is 81.2 Å². The molecular formula is C11H16N4O2. The molecule has 17 heavy (non-hydrogen) atoms. The quantitative estimate of drug-likeness (QED) is 0.755. The van der Waals surface area contributed by atoms with Crippen molar-refractivity contribution in [2.24, 2.45) is 7.05 Å². The summed E-state index contributed by atoms with van der Waals surface area (Å²) in [7, 11) is 1.73. The van der Waals surface area contributed by atoms with Crippen LogP contribution in [0.2, 0.25) is 0 Å². The third kappa shape index (κ3) is 2.30. The summed E-state index contributed by atoms with van der Waals surface area (Å²) in [6.07, 6.45) is 4.03. The number of imide groups is 1. The number of aromatic nitrogens is 2. The van der Waals surface area contributed by atoms with Crippen LogP contribution in [0, 0.1) is 0 Å². The second kappa shape index (κ2) is 4.57. The van der Waals surface area contributed by atoms with Crippen LogP contribution in [0.25, 0.3) is 0 Å². The lowest BCUT2D eigenvalue weighted by molar-refractivity contribution is -0.144. The van der Waals surface area contributed by atoms with Gasteiger partial charge in [-0.25, -0.2) is 0 Å². The second-order valence-corrected chi connectivity index (χ2v) is 4.26. The number of nitrogen functional groups attached to an aromatic ring is 1. The lowest BCUT2D eigenvalue weighted by Crippen LogP contribution is -2.34. The highest BCUT2D eigenvalue weighted by molar-refractivity contribution is 5.96. The highest BCUT2D eigenvalue weighted by Gasteiger charge is 2.25. The average molecular weight is 236 g/mol. The van der Waals surface area contributed by atoms with E-state index < -0.39 is 0 Å². The Morgan fingerprint density at radius 3 is 2.35 bits per heavy atom. The molecule has 0 aliphatic carbocycles. The highest BCUT2D eigenvalue weighted by Crippen LogP contribution is 2.18. The number of anilines is 1. The van der Waals surface area contributed by atoms with Crippen LogP contribution in [0.1, 0.15) is 31.2 Å². The largest absolute Gasteiger partial charge is 0.384 e. The van der Waals surface area contributed by atoms with Crippen molar-refractivity contribution >= 4 is 17.6 Å². The Balaban J connectivity index is 2.18. The van der Waals surface area contributed by atoms with E-state index in [2.05, 4.69) is 5.10 Å². The van der Waals surface area contributed by atoms with Gasteiger partial charge in [-0.1, -0.05) is 0 Å². The van der Waals surface area contributed by atoms with E-state index >= 15 is 0 Å². The van der Waals surface area contributed by atoms with Crippen LogP contribution in [0.15, 0.2) is 6.20 Å². The van der Waals surface area contributed by atoms with Gasteiger partial charge in [-0.15, -0.1) is 0 Å². The van der Waals surface area contributed by atoms with Gasteiger partial charge in [0.2, 0.25) is 11.8 Å². The fourth-order valence-electron chi connectivity index (χ4n) is 1.92. The Morgan fingerprint density at radius 1 is 1.29 bits per heavy atom. The van der Waals surface area contributed by atoms with E-state index in [9.17, 15) is 9.59 Å². The molecule has 0 radical (unpaired) electrons. The molecule has 0 unspecified atom stereocenters. The van der Waals surface area contributed by atoms with Crippen molar-refractivity contribution in [2.75, 3.05) is 5.73 Å². The van der Waals surface area contributed by atoms with Crippen molar-refractivity contribution in [1.82, 2.24) is 14.7 Å². The Labute approximate surface area is 99.4 Å². The van der Waals surface area contributed by atoms with Crippen molar-refractivity contribution in [3.63, 3.8) is 0 Å². The van der Waals surface area contributed by atoms with Crippen LogP contribution in [-0.2, 0) is 23.2 Å². The minimum Gasteiger partial charge on any atom is -0.384 e. The molecule has 2 amide bonds. The summed E-state index contributed by atoms with van der Waals surface area (Å²) in [6.45, 7) is 0.233. The van der Waals surface area contributed by atoms with Crippen LogP contribution in [0.4, 0.5) is 5.82 Å². The molecule has 1 aliphatic heterocycles. The minimum absolute atomic E-state index is 0.115. The summed E-state index contributed by atoms with van der Waals surface area (Å²) in [6, 6.07) is 0. The lowest BCUT2D eigenvalue weighted by atomic mass is 10.2. The van der Waals surface area contributed by atoms with Gasteiger partial charge in [0.15, 0.2) is 0 Å². The molecule has 2 heterocycles. The Bertz CT molecular complexity index is 434. The van der Waals surface area contributed by atoms with Gasteiger partial charge in [-0.2, -0.15) is 5.10 Å². The number of hydrogen-bond donors (Lipinski definition) is 1. The molecule has 0 bridgehead atoms. The van der Waals surface area contributed by atoms with Gasteiger partial charge in [-0.3, -0.25) is 19.2 Å². The van der Waals surface area contributed by atoms with Crippen LogP contribution in [0.3, 0.4) is 0 Å². The first kappa shape index (κ1) is 11.6. The van der Waals surface area contributed by atoms with Crippen molar-refractivity contribution < 1.29 is 9.59 Å². The van der Waals surface area contributed by atoms with Crippen molar-refractivity contribution in [1.29, 1.82) is 0 Å². The summed E-state index contributed by atoms with van der Waals surface area (Å²) in [5.41, 5.74) is 6.52. The third-order valence-electron chi connectivity index (χ3n) is 3.03. The predicted molar refractivity (Wildman–Crippen MR) is 61.6 cm³/mol. The first-order valence-electron chi connectivity index (χ1n) is 5.69. The number of likely N-dealkylation sites (tertiary alicyclic amines) is 1. The molecule has 0 spiro atoms. The fraction of sp³-hybridized carbons (Fsp3) is 0.545. The zero-order valence-electron chi connectivity index (χ0n) is 9.85. The molecule has 2 N–H and O–H groups in total. The molecule has 0 saturated carbocycles. The van der Waals surface area contributed by atoms with E-state index in [1.807, 2.05) is 0 Å². The van der Waals surface area contributed by atoms with Crippen LogP contribution in [0.5, 0.6) is 0 Å². The molecular weight excluding hydrogens is 220 g/mol. The Hall–Kier alpha value is -1.85. The molecule has 1 aliphatic rings. The van der Waals surface area contributed by atoms with E-state index in [1.165, 1.54) is 9.58 Å². The van der Waals surface area contributed by atoms with E-state index in [4.69, 9.17) is 5.73 Å². The second-order valence-electron chi connectivity index (χ2n) is 4.26. The summed E-state index contributed by atoms with van der Waals surface area (Å²) in [5, 5.41) is 4.00. The maximum Gasteiger partial charge on any atom is 0.229 e. The number of aryl methyl sites for hydroxylation is 1. The zero-order chi connectivity index (χ0) is 12.4. The van der Waals surface area contributed by atoms with E-state index in [1.54, 1.807) is 13.2 Å². The normalized spacial score (nSPS) is 17.4. The maximum absolute atomic E-state index is 11.8. The average Bonchev–Trinajstić information content (AvgIpc) is 2.52. The first-order valence-corrected chi connectivity index (χ1v) is 5.69.